The molecule has 0 unspecified atom stereocenters. The summed E-state index contributed by atoms with van der Waals surface area (Å²) in [5.41, 5.74) is 4.21. The van der Waals surface area contributed by atoms with E-state index in [0.29, 0.717) is 5.56 Å². The van der Waals surface area contributed by atoms with Gasteiger partial charge >= 0.3 is 0 Å². The molecule has 66 valence electrons. The lowest BCUT2D eigenvalue weighted by Gasteiger charge is -2.14. The van der Waals surface area contributed by atoms with Gasteiger partial charge in [-0.3, -0.25) is 10.2 Å². The van der Waals surface area contributed by atoms with Crippen molar-refractivity contribution in [2.75, 3.05) is 5.43 Å². The number of nitrogens with zero attached hydrogens (tertiary/aromatic N) is 1. The molecule has 0 aromatic heterocycles. The number of fused-ring (bicyclic) bond motifs is 1. The number of allylic oxidation sites excluding steroid dienone is 1. The Kier molecular flexibility index (Phi) is 1.75. The van der Waals surface area contributed by atoms with Crippen molar-refractivity contribution in [2.45, 2.75) is 0 Å². The largest absolute Gasteiger partial charge is 0.289 e. The molecular weight excluding hydrogens is 166 g/mol. The van der Waals surface area contributed by atoms with Gasteiger partial charge in [-0.25, -0.2) is 11.0 Å². The zero-order valence-electron chi connectivity index (χ0n) is 6.90. The van der Waals surface area contributed by atoms with Gasteiger partial charge in [0.15, 0.2) is 5.78 Å². The highest BCUT2D eigenvalue weighted by Crippen LogP contribution is 2.18. The number of hydrogen-bond acceptors (Lipinski definition) is 4. The molecule has 1 aromatic rings. The predicted octanol–water partition coefficient (Wildman–Crippen LogP) is 0.899. The number of hydrogen-bond donors (Lipinski definition) is 2. The Morgan fingerprint density at radius 1 is 1.31 bits per heavy atom. The Bertz CT molecular complexity index is 373. The molecule has 0 aliphatic carbocycles. The van der Waals surface area contributed by atoms with Gasteiger partial charge in [0.1, 0.15) is 0 Å². The van der Waals surface area contributed by atoms with Crippen LogP contribution in [0.25, 0.3) is 0 Å². The number of carbonyl (C=O) groups is 1. The molecule has 0 atom stereocenters. The Morgan fingerprint density at radius 2 is 2.08 bits per heavy atom. The highest BCUT2D eigenvalue weighted by molar-refractivity contribution is 6.08. The molecule has 0 amide bonds. The van der Waals surface area contributed by atoms with Gasteiger partial charge in [0.25, 0.3) is 0 Å². The highest BCUT2D eigenvalue weighted by atomic mass is 16.1. The van der Waals surface area contributed by atoms with Gasteiger partial charge in [-0.1, -0.05) is 12.1 Å². The fourth-order valence-corrected chi connectivity index (χ4v) is 1.21. The van der Waals surface area contributed by atoms with Gasteiger partial charge in [0.2, 0.25) is 0 Å². The lowest BCUT2D eigenvalue weighted by molar-refractivity contribution is 0.104. The Morgan fingerprint density at radius 3 is 2.92 bits per heavy atom. The number of carbonyl (C=O) groups excluding carboxylic acids is 1. The van der Waals surface area contributed by atoms with Crippen LogP contribution in [-0.4, -0.2) is 10.9 Å². The summed E-state index contributed by atoms with van der Waals surface area (Å²) in [6.07, 6.45) is 2.92. The first-order valence-corrected chi connectivity index (χ1v) is 3.89. The molecule has 0 saturated heterocycles. The summed E-state index contributed by atoms with van der Waals surface area (Å²) in [6.45, 7) is 0. The second-order valence-electron chi connectivity index (χ2n) is 2.74. The van der Waals surface area contributed by atoms with Crippen molar-refractivity contribution in [2.24, 2.45) is 5.84 Å². The molecule has 0 bridgehead atoms. The van der Waals surface area contributed by atoms with Crippen molar-refractivity contribution in [1.29, 1.82) is 0 Å². The molecule has 1 heterocycles. The van der Waals surface area contributed by atoms with Crippen LogP contribution in [0.4, 0.5) is 5.69 Å². The van der Waals surface area contributed by atoms with E-state index in [4.69, 9.17) is 5.84 Å². The van der Waals surface area contributed by atoms with E-state index < -0.39 is 0 Å². The van der Waals surface area contributed by atoms with Gasteiger partial charge in [-0.15, -0.1) is 0 Å². The molecule has 3 N–H and O–H groups in total. The average Bonchev–Trinajstić information content (AvgIpc) is 2.27. The first-order valence-electron chi connectivity index (χ1n) is 3.89. The number of para-hydroxylation sites is 1. The van der Waals surface area contributed by atoms with Gasteiger partial charge < -0.3 is 0 Å². The summed E-state index contributed by atoms with van der Waals surface area (Å²) in [4.78, 5) is 11.4. The van der Waals surface area contributed by atoms with Crippen molar-refractivity contribution < 1.29 is 4.79 Å². The Hall–Kier alpha value is -1.81. The summed E-state index contributed by atoms with van der Waals surface area (Å²) in [5, 5.41) is 1.25. The van der Waals surface area contributed by atoms with Crippen LogP contribution < -0.4 is 11.3 Å². The van der Waals surface area contributed by atoms with Crippen molar-refractivity contribution in [3.05, 3.63) is 42.1 Å². The fraction of sp³-hybridized carbons (Fsp3) is 0. The third-order valence-electron chi connectivity index (χ3n) is 1.83. The van der Waals surface area contributed by atoms with Crippen LogP contribution in [0.2, 0.25) is 0 Å². The highest BCUT2D eigenvalue weighted by Gasteiger charge is 2.11. The van der Waals surface area contributed by atoms with Crippen molar-refractivity contribution >= 4 is 11.5 Å². The van der Waals surface area contributed by atoms with Crippen molar-refractivity contribution in [3.8, 4) is 0 Å². The van der Waals surface area contributed by atoms with E-state index in [1.807, 2.05) is 12.1 Å². The van der Waals surface area contributed by atoms with E-state index in [0.717, 1.165) is 5.69 Å². The first-order chi connectivity index (χ1) is 6.27. The number of nitrogens with one attached hydrogen (secondary N) is 1. The standard InChI is InChI=1S/C9H9N3O/c10-12-6-5-9(13)7-3-1-2-4-8(7)11-12/h1-6,11H,10H2. The minimum absolute atomic E-state index is 0.0453. The Labute approximate surface area is 75.6 Å². The summed E-state index contributed by atoms with van der Waals surface area (Å²) in [5.74, 6) is 5.45. The van der Waals surface area contributed by atoms with Crippen LogP contribution in [0.1, 0.15) is 10.4 Å². The van der Waals surface area contributed by atoms with E-state index in [1.54, 1.807) is 12.1 Å². The van der Waals surface area contributed by atoms with Crippen LogP contribution in [0.15, 0.2) is 36.5 Å². The number of benzene rings is 1. The first kappa shape index (κ1) is 7.82. The number of ketones is 1. The lowest BCUT2D eigenvalue weighted by atomic mass is 10.1. The van der Waals surface area contributed by atoms with Crippen LogP contribution in [0, 0.1) is 0 Å². The summed E-state index contributed by atoms with van der Waals surface area (Å²) < 4.78 is 0. The van der Waals surface area contributed by atoms with Crippen LogP contribution in [-0.2, 0) is 0 Å². The van der Waals surface area contributed by atoms with Gasteiger partial charge in [0.05, 0.1) is 5.69 Å². The number of nitrogens with two attached hydrogens (primary N) is 1. The van der Waals surface area contributed by atoms with E-state index in [9.17, 15) is 4.79 Å². The number of hydrazine groups is 2. The van der Waals surface area contributed by atoms with Gasteiger partial charge in [0, 0.05) is 17.8 Å². The Balaban J connectivity index is 2.51. The molecule has 0 spiro atoms. The van der Waals surface area contributed by atoms with Crippen LogP contribution >= 0.6 is 0 Å². The second-order valence-corrected chi connectivity index (χ2v) is 2.74. The smallest absolute Gasteiger partial charge is 0.189 e. The topological polar surface area (TPSA) is 58.4 Å². The third kappa shape index (κ3) is 1.39. The zero-order chi connectivity index (χ0) is 9.26. The van der Waals surface area contributed by atoms with Crippen molar-refractivity contribution in [3.63, 3.8) is 0 Å². The maximum absolute atomic E-state index is 11.4. The predicted molar refractivity (Wildman–Crippen MR) is 49.6 cm³/mol. The monoisotopic (exact) mass is 175 g/mol. The zero-order valence-corrected chi connectivity index (χ0v) is 6.90. The minimum atomic E-state index is -0.0453. The second kappa shape index (κ2) is 2.91. The molecule has 0 radical (unpaired) electrons. The molecular formula is C9H9N3O. The third-order valence-corrected chi connectivity index (χ3v) is 1.83. The molecule has 13 heavy (non-hydrogen) atoms. The van der Waals surface area contributed by atoms with Gasteiger partial charge in [-0.05, 0) is 12.1 Å². The molecule has 1 aliphatic rings. The summed E-state index contributed by atoms with van der Waals surface area (Å²) in [6, 6.07) is 7.23. The van der Waals surface area contributed by atoms with Crippen LogP contribution in [0.3, 0.4) is 0 Å². The molecule has 4 heteroatoms. The van der Waals surface area contributed by atoms with E-state index in [2.05, 4.69) is 5.43 Å². The average molecular weight is 175 g/mol. The molecule has 1 aromatic carbocycles. The molecule has 4 nitrogen and oxygen atoms in total. The quantitative estimate of drug-likeness (QED) is 0.575. The SMILES string of the molecule is NN1C=CC(=O)c2ccccc2N1. The maximum atomic E-state index is 11.4. The lowest BCUT2D eigenvalue weighted by Crippen LogP contribution is -2.30. The van der Waals surface area contributed by atoms with E-state index in [1.165, 1.54) is 17.4 Å². The summed E-state index contributed by atoms with van der Waals surface area (Å²) >= 11 is 0. The van der Waals surface area contributed by atoms with Crippen molar-refractivity contribution in [1.82, 2.24) is 5.12 Å². The number of anilines is 1. The summed E-state index contributed by atoms with van der Waals surface area (Å²) in [7, 11) is 0. The van der Waals surface area contributed by atoms with E-state index >= 15 is 0 Å². The normalized spacial score (nSPS) is 14.8. The fourth-order valence-electron chi connectivity index (χ4n) is 1.21. The molecule has 0 fully saturated rings. The maximum Gasteiger partial charge on any atom is 0.189 e. The number of rotatable bonds is 0. The van der Waals surface area contributed by atoms with E-state index in [-0.39, 0.29) is 5.78 Å². The minimum Gasteiger partial charge on any atom is -0.289 e. The van der Waals surface area contributed by atoms with Gasteiger partial charge in [-0.2, -0.15) is 0 Å². The molecule has 1 aliphatic heterocycles. The van der Waals surface area contributed by atoms with Crippen LogP contribution in [0.5, 0.6) is 0 Å². The molecule has 0 saturated carbocycles. The molecule has 2 rings (SSSR count).